The van der Waals surface area contributed by atoms with E-state index in [0.717, 1.165) is 45.0 Å². The van der Waals surface area contributed by atoms with Crippen LogP contribution in [0, 0.1) is 5.92 Å². The van der Waals surface area contributed by atoms with Gasteiger partial charge in [0.15, 0.2) is 5.96 Å². The molecular formula is C22H31N3O2. The van der Waals surface area contributed by atoms with Crippen LogP contribution in [-0.2, 0) is 15.9 Å². The average Bonchev–Trinajstić information content (AvgIpc) is 3.17. The van der Waals surface area contributed by atoms with E-state index in [4.69, 9.17) is 9.47 Å². The Morgan fingerprint density at radius 2 is 2.04 bits per heavy atom. The lowest BCUT2D eigenvalue weighted by Gasteiger charge is -2.22. The lowest BCUT2D eigenvalue weighted by molar-refractivity contribution is 0.0536. The topological polar surface area (TPSA) is 46.1 Å². The summed E-state index contributed by atoms with van der Waals surface area (Å²) < 4.78 is 10.7. The van der Waals surface area contributed by atoms with E-state index in [0.29, 0.717) is 19.1 Å². The molecule has 2 aromatic carbocycles. The largest absolute Gasteiger partial charge is 0.382 e. The quantitative estimate of drug-likeness (QED) is 0.441. The summed E-state index contributed by atoms with van der Waals surface area (Å²) in [6, 6.07) is 15.1. The maximum atomic E-state index is 5.69. The minimum atomic E-state index is 0.568. The van der Waals surface area contributed by atoms with Gasteiger partial charge in [0.2, 0.25) is 0 Å². The van der Waals surface area contributed by atoms with E-state index < -0.39 is 0 Å². The Kier molecular flexibility index (Phi) is 7.48. The fourth-order valence-electron chi connectivity index (χ4n) is 3.71. The number of nitrogens with zero attached hydrogens (tertiary/aromatic N) is 2. The molecular weight excluding hydrogens is 338 g/mol. The molecule has 0 aliphatic carbocycles. The number of hydrogen-bond acceptors (Lipinski definition) is 3. The predicted molar refractivity (Wildman–Crippen MR) is 111 cm³/mol. The lowest BCUT2D eigenvalue weighted by atomic mass is 10.0. The van der Waals surface area contributed by atoms with Crippen LogP contribution in [-0.4, -0.2) is 64.5 Å². The molecule has 1 fully saturated rings. The molecule has 27 heavy (non-hydrogen) atoms. The Hall–Kier alpha value is -2.11. The van der Waals surface area contributed by atoms with Crippen molar-refractivity contribution in [1.82, 2.24) is 10.2 Å². The van der Waals surface area contributed by atoms with Crippen molar-refractivity contribution in [2.24, 2.45) is 10.9 Å². The van der Waals surface area contributed by atoms with Crippen molar-refractivity contribution in [3.8, 4) is 0 Å². The van der Waals surface area contributed by atoms with Crippen LogP contribution in [0.2, 0.25) is 0 Å². The maximum Gasteiger partial charge on any atom is 0.193 e. The molecule has 146 valence electrons. The van der Waals surface area contributed by atoms with E-state index in [2.05, 4.69) is 57.7 Å². The number of aliphatic imine (C=N–C) groups is 1. The monoisotopic (exact) mass is 369 g/mol. The Labute approximate surface area is 162 Å². The first-order valence-electron chi connectivity index (χ1n) is 9.80. The van der Waals surface area contributed by atoms with Crippen LogP contribution < -0.4 is 5.32 Å². The first-order chi connectivity index (χ1) is 13.3. The molecule has 5 heteroatoms. The third-order valence-corrected chi connectivity index (χ3v) is 5.14. The molecule has 2 aromatic rings. The molecule has 1 heterocycles. The molecule has 0 bridgehead atoms. The smallest absolute Gasteiger partial charge is 0.193 e. The minimum absolute atomic E-state index is 0.568. The van der Waals surface area contributed by atoms with Crippen molar-refractivity contribution in [2.45, 2.75) is 12.8 Å². The van der Waals surface area contributed by atoms with Gasteiger partial charge in [-0.25, -0.2) is 0 Å². The molecule has 1 saturated heterocycles. The number of rotatable bonds is 8. The van der Waals surface area contributed by atoms with Crippen molar-refractivity contribution in [1.29, 1.82) is 0 Å². The molecule has 0 aromatic heterocycles. The number of guanidine groups is 1. The highest BCUT2D eigenvalue weighted by molar-refractivity contribution is 5.85. The minimum Gasteiger partial charge on any atom is -0.382 e. The fraction of sp³-hybridized carbons (Fsp3) is 0.500. The van der Waals surface area contributed by atoms with Crippen LogP contribution >= 0.6 is 0 Å². The van der Waals surface area contributed by atoms with Gasteiger partial charge in [0.25, 0.3) is 0 Å². The van der Waals surface area contributed by atoms with Crippen LogP contribution in [0.5, 0.6) is 0 Å². The molecule has 0 saturated carbocycles. The highest BCUT2D eigenvalue weighted by atomic mass is 16.5. The highest BCUT2D eigenvalue weighted by Gasteiger charge is 2.24. The van der Waals surface area contributed by atoms with Crippen LogP contribution in [0.4, 0.5) is 0 Å². The van der Waals surface area contributed by atoms with Gasteiger partial charge in [-0.1, -0.05) is 42.5 Å². The summed E-state index contributed by atoms with van der Waals surface area (Å²) in [5, 5.41) is 6.18. The normalized spacial score (nSPS) is 17.6. The summed E-state index contributed by atoms with van der Waals surface area (Å²) in [4.78, 5) is 6.82. The van der Waals surface area contributed by atoms with Crippen LogP contribution in [0.1, 0.15) is 12.0 Å². The molecule has 0 spiro atoms. The van der Waals surface area contributed by atoms with Gasteiger partial charge in [-0.15, -0.1) is 0 Å². The Morgan fingerprint density at radius 1 is 1.19 bits per heavy atom. The summed E-state index contributed by atoms with van der Waals surface area (Å²) in [5.74, 6) is 1.56. The second-order valence-electron chi connectivity index (χ2n) is 7.03. The van der Waals surface area contributed by atoms with Gasteiger partial charge in [-0.2, -0.15) is 0 Å². The van der Waals surface area contributed by atoms with Gasteiger partial charge in [-0.05, 0) is 29.2 Å². The molecule has 1 N–H and O–H groups in total. The van der Waals surface area contributed by atoms with Gasteiger partial charge in [-0.3, -0.25) is 4.99 Å². The summed E-state index contributed by atoms with van der Waals surface area (Å²) in [7, 11) is 3.57. The first-order valence-corrected chi connectivity index (χ1v) is 9.80. The summed E-state index contributed by atoms with van der Waals surface area (Å²) in [6.45, 7) is 5.05. The van der Waals surface area contributed by atoms with Gasteiger partial charge >= 0.3 is 0 Å². The van der Waals surface area contributed by atoms with E-state index in [1.54, 1.807) is 7.11 Å². The second kappa shape index (κ2) is 10.3. The lowest BCUT2D eigenvalue weighted by Crippen LogP contribution is -2.41. The fourth-order valence-corrected chi connectivity index (χ4v) is 3.71. The standard InChI is InChI=1S/C22H31N3O2/c1-23-22(25-13-11-18(16-25)17-27-15-14-26-2)24-12-10-20-8-5-7-19-6-3-4-9-21(19)20/h3-9,18H,10-17H2,1-2H3,(H,23,24). The summed E-state index contributed by atoms with van der Waals surface area (Å²) in [5.41, 5.74) is 1.38. The van der Waals surface area contributed by atoms with Crippen LogP contribution in [0.25, 0.3) is 10.8 Å². The molecule has 1 aliphatic rings. The Balaban J connectivity index is 1.47. The van der Waals surface area contributed by atoms with Crippen molar-refractivity contribution < 1.29 is 9.47 Å². The van der Waals surface area contributed by atoms with Crippen molar-refractivity contribution in [3.63, 3.8) is 0 Å². The zero-order chi connectivity index (χ0) is 18.9. The van der Waals surface area contributed by atoms with Gasteiger partial charge in [0.05, 0.1) is 19.8 Å². The summed E-state index contributed by atoms with van der Waals surface area (Å²) in [6.07, 6.45) is 2.13. The second-order valence-corrected chi connectivity index (χ2v) is 7.03. The number of ether oxygens (including phenoxy) is 2. The van der Waals surface area contributed by atoms with E-state index >= 15 is 0 Å². The van der Waals surface area contributed by atoms with E-state index in [1.807, 2.05) is 7.05 Å². The zero-order valence-corrected chi connectivity index (χ0v) is 16.5. The number of nitrogens with one attached hydrogen (secondary N) is 1. The third-order valence-electron chi connectivity index (χ3n) is 5.14. The van der Waals surface area contributed by atoms with E-state index in [-0.39, 0.29) is 0 Å². The Morgan fingerprint density at radius 3 is 2.89 bits per heavy atom. The Bertz CT molecular complexity index is 742. The molecule has 1 unspecified atom stereocenters. The van der Waals surface area contributed by atoms with Crippen molar-refractivity contribution >= 4 is 16.7 Å². The van der Waals surface area contributed by atoms with Crippen molar-refractivity contribution in [3.05, 3.63) is 48.0 Å². The van der Waals surface area contributed by atoms with E-state index in [1.165, 1.54) is 16.3 Å². The zero-order valence-electron chi connectivity index (χ0n) is 16.5. The first kappa shape index (κ1) is 19.6. The number of hydrogen-bond donors (Lipinski definition) is 1. The van der Waals surface area contributed by atoms with Gasteiger partial charge in [0, 0.05) is 39.7 Å². The third kappa shape index (κ3) is 5.44. The van der Waals surface area contributed by atoms with Crippen LogP contribution in [0.3, 0.4) is 0 Å². The van der Waals surface area contributed by atoms with Gasteiger partial charge < -0.3 is 19.7 Å². The van der Waals surface area contributed by atoms with E-state index in [9.17, 15) is 0 Å². The van der Waals surface area contributed by atoms with Gasteiger partial charge in [0.1, 0.15) is 0 Å². The molecule has 1 atom stereocenters. The molecule has 0 radical (unpaired) electrons. The SMILES string of the molecule is CN=C(NCCc1cccc2ccccc12)N1CCC(COCCOC)C1. The summed E-state index contributed by atoms with van der Waals surface area (Å²) >= 11 is 0. The number of methoxy groups -OCH3 is 1. The average molecular weight is 370 g/mol. The highest BCUT2D eigenvalue weighted by Crippen LogP contribution is 2.19. The number of likely N-dealkylation sites (tertiary alicyclic amines) is 1. The molecule has 3 rings (SSSR count). The number of fused-ring (bicyclic) bond motifs is 1. The molecule has 5 nitrogen and oxygen atoms in total. The maximum absolute atomic E-state index is 5.69. The molecule has 0 amide bonds. The molecule has 1 aliphatic heterocycles. The van der Waals surface area contributed by atoms with Crippen LogP contribution in [0.15, 0.2) is 47.5 Å². The predicted octanol–water partition coefficient (Wildman–Crippen LogP) is 2.94. The number of benzene rings is 2. The van der Waals surface area contributed by atoms with Crippen molar-refractivity contribution in [2.75, 3.05) is 53.6 Å².